The number of halogens is 2. The topological polar surface area (TPSA) is 66.4 Å². The maximum Gasteiger partial charge on any atom is 0.242 e. The molecule has 0 saturated heterocycles. The first kappa shape index (κ1) is 18.7. The Morgan fingerprint density at radius 2 is 1.80 bits per heavy atom. The molecule has 134 valence electrons. The molecule has 0 aromatic heterocycles. The fraction of sp³-hybridized carbons (Fsp3) is 0.333. The number of rotatable bonds is 6. The molecule has 0 bridgehead atoms. The maximum absolute atomic E-state index is 12.7. The average molecular weight is 400 g/mol. The zero-order chi connectivity index (χ0) is 18.2. The third kappa shape index (κ3) is 3.86. The SMILES string of the molecule is Cc1cc(S(=O)(=O)NCC(O)(c2ccccc2)C2CC2)c(Cl)cc1Cl. The first-order valence-electron chi connectivity index (χ1n) is 7.97. The maximum atomic E-state index is 12.7. The first-order chi connectivity index (χ1) is 11.7. The summed E-state index contributed by atoms with van der Waals surface area (Å²) in [4.78, 5) is -0.0396. The normalized spacial score (nSPS) is 17.3. The molecule has 0 aliphatic heterocycles. The fourth-order valence-corrected chi connectivity index (χ4v) is 4.79. The summed E-state index contributed by atoms with van der Waals surface area (Å²) in [6.07, 6.45) is 1.74. The standard InChI is InChI=1S/C18H19Cl2NO3S/c1-12-9-17(16(20)10-15(12)19)25(23,24)21-11-18(22,14-7-8-14)13-5-3-2-4-6-13/h2-6,9-10,14,21-22H,7-8,11H2,1H3. The highest BCUT2D eigenvalue weighted by atomic mass is 35.5. The van der Waals surface area contributed by atoms with Crippen LogP contribution in [-0.2, 0) is 15.6 Å². The molecule has 2 N–H and O–H groups in total. The molecule has 2 aromatic rings. The molecule has 1 atom stereocenters. The number of benzene rings is 2. The van der Waals surface area contributed by atoms with Crippen molar-refractivity contribution in [1.82, 2.24) is 4.72 Å². The van der Waals surface area contributed by atoms with Crippen LogP contribution >= 0.6 is 23.2 Å². The van der Waals surface area contributed by atoms with E-state index in [4.69, 9.17) is 23.2 Å². The van der Waals surface area contributed by atoms with E-state index in [0.29, 0.717) is 16.1 Å². The monoisotopic (exact) mass is 399 g/mol. The molecule has 7 heteroatoms. The van der Waals surface area contributed by atoms with Crippen molar-refractivity contribution in [3.05, 3.63) is 63.6 Å². The highest BCUT2D eigenvalue weighted by molar-refractivity contribution is 7.89. The Bertz CT molecular complexity index is 883. The largest absolute Gasteiger partial charge is 0.383 e. The fourth-order valence-electron chi connectivity index (χ4n) is 2.89. The molecule has 1 saturated carbocycles. The van der Waals surface area contributed by atoms with Crippen molar-refractivity contribution in [3.8, 4) is 0 Å². The van der Waals surface area contributed by atoms with Gasteiger partial charge in [0, 0.05) is 11.6 Å². The van der Waals surface area contributed by atoms with Gasteiger partial charge in [-0.25, -0.2) is 13.1 Å². The molecular formula is C18H19Cl2NO3S. The van der Waals surface area contributed by atoms with E-state index in [1.165, 1.54) is 12.1 Å². The summed E-state index contributed by atoms with van der Waals surface area (Å²) in [7, 11) is -3.88. The first-order valence-corrected chi connectivity index (χ1v) is 10.2. The molecule has 1 aliphatic rings. The highest BCUT2D eigenvalue weighted by Crippen LogP contribution is 2.45. The molecule has 0 spiro atoms. The van der Waals surface area contributed by atoms with E-state index in [2.05, 4.69) is 4.72 Å². The summed E-state index contributed by atoms with van der Waals surface area (Å²) in [5.74, 6) is 0.0417. The third-order valence-electron chi connectivity index (χ3n) is 4.56. The van der Waals surface area contributed by atoms with Crippen molar-refractivity contribution in [2.45, 2.75) is 30.3 Å². The predicted molar refractivity (Wildman–Crippen MR) is 99.5 cm³/mol. The number of nitrogens with one attached hydrogen (secondary N) is 1. The minimum absolute atomic E-state index is 0.0396. The lowest BCUT2D eigenvalue weighted by Gasteiger charge is -2.29. The molecule has 1 unspecified atom stereocenters. The Morgan fingerprint density at radius 1 is 1.16 bits per heavy atom. The molecule has 0 heterocycles. The Hall–Kier alpha value is -1.11. The van der Waals surface area contributed by atoms with Gasteiger partial charge in [0.1, 0.15) is 10.5 Å². The molecular weight excluding hydrogens is 381 g/mol. The van der Waals surface area contributed by atoms with Crippen LogP contribution in [0.5, 0.6) is 0 Å². The van der Waals surface area contributed by atoms with Crippen LogP contribution in [0.4, 0.5) is 0 Å². The van der Waals surface area contributed by atoms with Gasteiger partial charge < -0.3 is 5.11 Å². The van der Waals surface area contributed by atoms with Crippen molar-refractivity contribution < 1.29 is 13.5 Å². The zero-order valence-electron chi connectivity index (χ0n) is 13.7. The Labute approximate surface area is 157 Å². The quantitative estimate of drug-likeness (QED) is 0.774. The molecule has 1 aliphatic carbocycles. The molecule has 2 aromatic carbocycles. The lowest BCUT2D eigenvalue weighted by molar-refractivity contribution is 0.0185. The summed E-state index contributed by atoms with van der Waals surface area (Å²) in [6, 6.07) is 12.0. The van der Waals surface area contributed by atoms with E-state index in [9.17, 15) is 13.5 Å². The number of hydrogen-bond donors (Lipinski definition) is 2. The van der Waals surface area contributed by atoms with Gasteiger partial charge in [-0.2, -0.15) is 0 Å². The molecule has 0 radical (unpaired) electrons. The lowest BCUT2D eigenvalue weighted by atomic mass is 9.89. The molecule has 3 rings (SSSR count). The van der Waals surface area contributed by atoms with E-state index in [0.717, 1.165) is 12.8 Å². The molecule has 1 fully saturated rings. The second-order valence-corrected chi connectivity index (χ2v) is 8.97. The van der Waals surface area contributed by atoms with Crippen LogP contribution in [0.25, 0.3) is 0 Å². The average Bonchev–Trinajstić information content (AvgIpc) is 3.42. The van der Waals surface area contributed by atoms with Crippen molar-refractivity contribution in [2.24, 2.45) is 5.92 Å². The van der Waals surface area contributed by atoms with Crippen LogP contribution in [0.2, 0.25) is 10.0 Å². The van der Waals surface area contributed by atoms with Crippen LogP contribution in [0.15, 0.2) is 47.4 Å². The molecule has 0 amide bonds. The van der Waals surface area contributed by atoms with Gasteiger partial charge in [-0.05, 0) is 48.9 Å². The second kappa shape index (κ2) is 6.89. The number of sulfonamides is 1. The minimum Gasteiger partial charge on any atom is -0.383 e. The highest BCUT2D eigenvalue weighted by Gasteiger charge is 2.45. The Balaban J connectivity index is 1.87. The van der Waals surface area contributed by atoms with Crippen molar-refractivity contribution in [1.29, 1.82) is 0 Å². The van der Waals surface area contributed by atoms with E-state index >= 15 is 0 Å². The van der Waals surface area contributed by atoms with Crippen molar-refractivity contribution >= 4 is 33.2 Å². The van der Waals surface area contributed by atoms with Gasteiger partial charge in [0.15, 0.2) is 0 Å². The van der Waals surface area contributed by atoms with Crippen molar-refractivity contribution in [2.75, 3.05) is 6.54 Å². The van der Waals surface area contributed by atoms with Crippen LogP contribution in [0.1, 0.15) is 24.0 Å². The van der Waals surface area contributed by atoms with E-state index in [1.54, 1.807) is 6.92 Å². The van der Waals surface area contributed by atoms with E-state index in [-0.39, 0.29) is 22.4 Å². The smallest absolute Gasteiger partial charge is 0.242 e. The van der Waals surface area contributed by atoms with Crippen LogP contribution < -0.4 is 4.72 Å². The lowest BCUT2D eigenvalue weighted by Crippen LogP contribution is -2.42. The Kier molecular flexibility index (Phi) is 5.15. The Morgan fingerprint density at radius 3 is 2.40 bits per heavy atom. The molecule has 4 nitrogen and oxygen atoms in total. The summed E-state index contributed by atoms with van der Waals surface area (Å²) in [6.45, 7) is 1.60. The second-order valence-electron chi connectivity index (χ2n) is 6.42. The summed E-state index contributed by atoms with van der Waals surface area (Å²) in [5.41, 5.74) is 0.0907. The predicted octanol–water partition coefficient (Wildman–Crippen LogP) is 3.88. The van der Waals surface area contributed by atoms with Crippen LogP contribution in [-0.4, -0.2) is 20.1 Å². The van der Waals surface area contributed by atoms with Gasteiger partial charge in [-0.1, -0.05) is 53.5 Å². The van der Waals surface area contributed by atoms with Crippen LogP contribution in [0, 0.1) is 12.8 Å². The summed E-state index contributed by atoms with van der Waals surface area (Å²) < 4.78 is 27.9. The third-order valence-corrected chi connectivity index (χ3v) is 6.83. The summed E-state index contributed by atoms with van der Waals surface area (Å²) in [5, 5.41) is 11.6. The van der Waals surface area contributed by atoms with E-state index < -0.39 is 15.6 Å². The van der Waals surface area contributed by atoms with Gasteiger partial charge in [-0.3, -0.25) is 0 Å². The van der Waals surface area contributed by atoms with E-state index in [1.807, 2.05) is 30.3 Å². The van der Waals surface area contributed by atoms with Crippen molar-refractivity contribution in [3.63, 3.8) is 0 Å². The number of hydrogen-bond acceptors (Lipinski definition) is 3. The van der Waals surface area contributed by atoms with Gasteiger partial charge in [0.05, 0.1) is 5.02 Å². The van der Waals surface area contributed by atoms with Gasteiger partial charge in [-0.15, -0.1) is 0 Å². The molecule has 25 heavy (non-hydrogen) atoms. The number of aliphatic hydroxyl groups is 1. The van der Waals surface area contributed by atoms with Gasteiger partial charge >= 0.3 is 0 Å². The van der Waals surface area contributed by atoms with Gasteiger partial charge in [0.2, 0.25) is 10.0 Å². The number of aryl methyl sites for hydroxylation is 1. The summed E-state index contributed by atoms with van der Waals surface area (Å²) >= 11 is 12.0. The zero-order valence-corrected chi connectivity index (χ0v) is 16.0. The van der Waals surface area contributed by atoms with Crippen LogP contribution in [0.3, 0.4) is 0 Å². The minimum atomic E-state index is -3.88. The van der Waals surface area contributed by atoms with Gasteiger partial charge in [0.25, 0.3) is 0 Å².